The maximum atomic E-state index is 9.68. The third-order valence-corrected chi connectivity index (χ3v) is 4.96. The number of para-hydroxylation sites is 1. The molecule has 0 saturated heterocycles. The highest BCUT2D eigenvalue weighted by Crippen LogP contribution is 2.46. The van der Waals surface area contributed by atoms with Gasteiger partial charge in [0.2, 0.25) is 5.82 Å². The van der Waals surface area contributed by atoms with E-state index in [9.17, 15) is 5.11 Å². The van der Waals surface area contributed by atoms with Crippen molar-refractivity contribution >= 4 is 16.9 Å². The Hall–Kier alpha value is -3.40. The zero-order valence-corrected chi connectivity index (χ0v) is 14.6. The van der Waals surface area contributed by atoms with Crippen LogP contribution in [0.3, 0.4) is 0 Å². The summed E-state index contributed by atoms with van der Waals surface area (Å²) in [6.45, 7) is 0.0581. The number of nitrogens with two attached hydrogens (primary N) is 1. The molecule has 0 atom stereocenters. The smallest absolute Gasteiger partial charge is 0.201 e. The third kappa shape index (κ3) is 2.37. The van der Waals surface area contributed by atoms with Crippen molar-refractivity contribution in [3.8, 4) is 17.3 Å². The maximum Gasteiger partial charge on any atom is 0.201 e. The van der Waals surface area contributed by atoms with Crippen LogP contribution in [0, 0.1) is 0 Å². The minimum atomic E-state index is -0.286. The van der Waals surface area contributed by atoms with E-state index in [2.05, 4.69) is 30.4 Å². The summed E-state index contributed by atoms with van der Waals surface area (Å²) in [6.07, 6.45) is 3.34. The van der Waals surface area contributed by atoms with Gasteiger partial charge in [-0.2, -0.15) is 4.68 Å². The van der Waals surface area contributed by atoms with Gasteiger partial charge in [0.15, 0.2) is 11.6 Å². The Bertz CT molecular complexity index is 1160. The van der Waals surface area contributed by atoms with Crippen molar-refractivity contribution < 1.29 is 5.11 Å². The summed E-state index contributed by atoms with van der Waals surface area (Å²) in [4.78, 5) is 13.4. The topological polar surface area (TPSA) is 133 Å². The minimum Gasteiger partial charge on any atom is -0.395 e. The van der Waals surface area contributed by atoms with Crippen molar-refractivity contribution in [3.05, 3.63) is 36.3 Å². The van der Waals surface area contributed by atoms with Gasteiger partial charge in [-0.15, -0.1) is 10.2 Å². The second-order valence-corrected chi connectivity index (χ2v) is 6.78. The molecule has 136 valence electrons. The highest BCUT2D eigenvalue weighted by molar-refractivity contribution is 5.76. The molecule has 10 nitrogen and oxygen atoms in total. The van der Waals surface area contributed by atoms with Crippen molar-refractivity contribution in [2.24, 2.45) is 7.05 Å². The average molecular weight is 363 g/mol. The number of aliphatic hydroxyl groups excluding tert-OH is 1. The van der Waals surface area contributed by atoms with Gasteiger partial charge < -0.3 is 10.8 Å². The van der Waals surface area contributed by atoms with E-state index in [1.54, 1.807) is 9.36 Å². The minimum absolute atomic E-state index is 0.0581. The summed E-state index contributed by atoms with van der Waals surface area (Å²) >= 11 is 0. The molecule has 0 radical (unpaired) electrons. The van der Waals surface area contributed by atoms with Crippen molar-refractivity contribution in [3.63, 3.8) is 0 Å². The van der Waals surface area contributed by atoms with Crippen LogP contribution >= 0.6 is 0 Å². The van der Waals surface area contributed by atoms with Crippen LogP contribution in [0.15, 0.2) is 30.5 Å². The van der Waals surface area contributed by atoms with Gasteiger partial charge in [-0.25, -0.2) is 15.0 Å². The number of nitrogens with zero attached hydrogens (tertiary/aromatic N) is 8. The van der Waals surface area contributed by atoms with Crippen LogP contribution in [0.4, 0.5) is 5.82 Å². The zero-order valence-electron chi connectivity index (χ0n) is 14.6. The molecule has 27 heavy (non-hydrogen) atoms. The van der Waals surface area contributed by atoms with Crippen LogP contribution in [0.25, 0.3) is 28.4 Å². The Kier molecular flexibility index (Phi) is 3.25. The van der Waals surface area contributed by atoms with Gasteiger partial charge >= 0.3 is 0 Å². The number of benzene rings is 1. The van der Waals surface area contributed by atoms with Crippen LogP contribution in [-0.2, 0) is 12.5 Å². The van der Waals surface area contributed by atoms with Gasteiger partial charge in [-0.3, -0.25) is 4.68 Å². The van der Waals surface area contributed by atoms with Crippen LogP contribution in [-0.4, -0.2) is 51.4 Å². The standard InChI is InChI=1S/C17H17N9O/c1-25-16(17(9-27)6-7-17)21-14(23-25)11-8-19-13(18)15(20-11)26-12-5-3-2-4-10(12)22-24-26/h2-5,8,27H,6-7,9H2,1H3,(H2,18,19). The molecule has 0 aliphatic heterocycles. The van der Waals surface area contributed by atoms with Gasteiger partial charge in [0.25, 0.3) is 0 Å². The van der Waals surface area contributed by atoms with Crippen LogP contribution in [0.2, 0.25) is 0 Å². The molecule has 3 heterocycles. The van der Waals surface area contributed by atoms with Gasteiger partial charge in [0, 0.05) is 7.05 Å². The SMILES string of the molecule is Cn1nc(-c2cnc(N)c(-n3nnc4ccccc43)n2)nc1C1(CO)CC1. The van der Waals surface area contributed by atoms with E-state index in [1.807, 2.05) is 31.3 Å². The second kappa shape index (κ2) is 5.55. The quantitative estimate of drug-likeness (QED) is 0.539. The fourth-order valence-electron chi connectivity index (χ4n) is 3.24. The Morgan fingerprint density at radius 2 is 2.04 bits per heavy atom. The zero-order chi connectivity index (χ0) is 18.6. The fourth-order valence-corrected chi connectivity index (χ4v) is 3.24. The molecule has 3 aromatic heterocycles. The van der Waals surface area contributed by atoms with Gasteiger partial charge in [-0.1, -0.05) is 17.3 Å². The lowest BCUT2D eigenvalue weighted by Gasteiger charge is -2.08. The van der Waals surface area contributed by atoms with E-state index in [1.165, 1.54) is 6.20 Å². The van der Waals surface area contributed by atoms with Crippen LogP contribution in [0.1, 0.15) is 18.7 Å². The van der Waals surface area contributed by atoms with Crippen molar-refractivity contribution in [2.75, 3.05) is 12.3 Å². The first-order chi connectivity index (χ1) is 13.1. The average Bonchev–Trinajstić information content (AvgIpc) is 3.20. The largest absolute Gasteiger partial charge is 0.395 e. The van der Waals surface area contributed by atoms with E-state index in [4.69, 9.17) is 5.73 Å². The Balaban J connectivity index is 1.62. The van der Waals surface area contributed by atoms with Gasteiger partial charge in [-0.05, 0) is 25.0 Å². The summed E-state index contributed by atoms with van der Waals surface area (Å²) in [7, 11) is 1.82. The Morgan fingerprint density at radius 1 is 1.22 bits per heavy atom. The molecule has 0 unspecified atom stereocenters. The molecular formula is C17H17N9O. The number of fused-ring (bicyclic) bond motifs is 1. The summed E-state index contributed by atoms with van der Waals surface area (Å²) in [5, 5.41) is 22.4. The van der Waals surface area contributed by atoms with E-state index >= 15 is 0 Å². The number of hydrogen-bond donors (Lipinski definition) is 2. The highest BCUT2D eigenvalue weighted by Gasteiger charge is 2.47. The Morgan fingerprint density at radius 3 is 2.81 bits per heavy atom. The number of rotatable bonds is 4. The summed E-state index contributed by atoms with van der Waals surface area (Å²) in [5.74, 6) is 1.80. The van der Waals surface area contributed by atoms with Gasteiger partial charge in [0.1, 0.15) is 17.0 Å². The van der Waals surface area contributed by atoms with Crippen LogP contribution < -0.4 is 5.73 Å². The third-order valence-electron chi connectivity index (χ3n) is 4.96. The molecule has 5 rings (SSSR count). The number of nitrogen functional groups attached to an aromatic ring is 1. The first-order valence-electron chi connectivity index (χ1n) is 8.57. The second-order valence-electron chi connectivity index (χ2n) is 6.78. The number of anilines is 1. The molecule has 1 aliphatic rings. The number of aromatic nitrogens is 8. The van der Waals surface area contributed by atoms with Crippen molar-refractivity contribution in [1.29, 1.82) is 0 Å². The van der Waals surface area contributed by atoms with E-state index < -0.39 is 0 Å². The fraction of sp³-hybridized carbons (Fsp3) is 0.294. The lowest BCUT2D eigenvalue weighted by molar-refractivity contribution is 0.247. The Labute approximate surface area is 153 Å². The lowest BCUT2D eigenvalue weighted by Crippen LogP contribution is -2.17. The monoisotopic (exact) mass is 363 g/mol. The molecular weight excluding hydrogens is 346 g/mol. The molecule has 0 amide bonds. The van der Waals surface area contributed by atoms with E-state index in [0.29, 0.717) is 17.3 Å². The lowest BCUT2D eigenvalue weighted by atomic mass is 10.1. The van der Waals surface area contributed by atoms with Crippen molar-refractivity contribution in [2.45, 2.75) is 18.3 Å². The highest BCUT2D eigenvalue weighted by atomic mass is 16.3. The molecule has 10 heteroatoms. The molecule has 4 aromatic rings. The molecule has 0 spiro atoms. The number of aliphatic hydroxyl groups is 1. The van der Waals surface area contributed by atoms with E-state index in [0.717, 1.165) is 29.7 Å². The number of hydrogen-bond acceptors (Lipinski definition) is 8. The summed E-state index contributed by atoms with van der Waals surface area (Å²) in [5.41, 5.74) is 7.76. The molecule has 1 saturated carbocycles. The molecule has 1 fully saturated rings. The maximum absolute atomic E-state index is 9.68. The molecule has 3 N–H and O–H groups in total. The van der Waals surface area contributed by atoms with Crippen molar-refractivity contribution in [1.82, 2.24) is 39.7 Å². The van der Waals surface area contributed by atoms with Gasteiger partial charge in [0.05, 0.1) is 23.7 Å². The first kappa shape index (κ1) is 15.8. The number of aryl methyl sites for hydroxylation is 1. The van der Waals surface area contributed by atoms with E-state index in [-0.39, 0.29) is 17.8 Å². The predicted molar refractivity (Wildman–Crippen MR) is 96.9 cm³/mol. The normalized spacial score (nSPS) is 15.3. The van der Waals surface area contributed by atoms with Crippen LogP contribution in [0.5, 0.6) is 0 Å². The molecule has 1 aliphatic carbocycles. The molecule has 0 bridgehead atoms. The molecule has 1 aromatic carbocycles. The predicted octanol–water partition coefficient (Wildman–Crippen LogP) is 0.612. The summed E-state index contributed by atoms with van der Waals surface area (Å²) in [6, 6.07) is 7.54. The summed E-state index contributed by atoms with van der Waals surface area (Å²) < 4.78 is 3.25. The first-order valence-corrected chi connectivity index (χ1v) is 8.57.